The minimum atomic E-state index is 0.649. The van der Waals surface area contributed by atoms with Gasteiger partial charge in [0.15, 0.2) is 0 Å². The molecule has 16 aromatic carbocycles. The molecule has 496 valence electrons. The summed E-state index contributed by atoms with van der Waals surface area (Å²) in [5.41, 5.74) is 22.0. The zero-order valence-electron chi connectivity index (χ0n) is 57.4. The van der Waals surface area contributed by atoms with E-state index in [1.165, 1.54) is 134 Å². The molecular formula is C98H52N8S2. The molecule has 8 nitrogen and oxygen atoms in total. The summed E-state index contributed by atoms with van der Waals surface area (Å²) in [6, 6.07) is 116. The Balaban J connectivity index is 0.620. The summed E-state index contributed by atoms with van der Waals surface area (Å²) in [5, 5.41) is 24.0. The monoisotopic (exact) mass is 1400 g/mol. The summed E-state index contributed by atoms with van der Waals surface area (Å²) in [5.74, 6) is 1.30. The number of hydrogen-bond donors (Lipinski definition) is 0. The Hall–Kier alpha value is -13.9. The Morgan fingerprint density at radius 1 is 0.213 bits per heavy atom. The first-order valence-electron chi connectivity index (χ1n) is 36.7. The molecule has 0 unspecified atom stereocenters. The maximum Gasteiger partial charge on any atom is 0.235 e. The molecule has 0 saturated carbocycles. The van der Waals surface area contributed by atoms with Crippen LogP contribution in [0.4, 0.5) is 0 Å². The molecule has 0 radical (unpaired) electrons. The van der Waals surface area contributed by atoms with Crippen LogP contribution in [0.3, 0.4) is 0 Å². The summed E-state index contributed by atoms with van der Waals surface area (Å²) < 4.78 is 14.2. The second-order valence-electron chi connectivity index (χ2n) is 29.2. The Morgan fingerprint density at radius 2 is 0.611 bits per heavy atom. The van der Waals surface area contributed by atoms with Crippen LogP contribution in [0.1, 0.15) is 0 Å². The number of benzene rings is 16. The molecule has 0 amide bonds. The van der Waals surface area contributed by atoms with Crippen molar-refractivity contribution in [2.24, 2.45) is 0 Å². The number of nitrogens with zero attached hydrogens (tertiary/aromatic N) is 8. The molecular weight excluding hydrogens is 1350 g/mol. The number of fused-ring (bicyclic) bond motifs is 29. The first kappa shape index (κ1) is 57.5. The normalized spacial score (nSPS) is 12.6. The van der Waals surface area contributed by atoms with E-state index in [4.69, 9.17) is 19.9 Å². The van der Waals surface area contributed by atoms with Gasteiger partial charge in [0.05, 0.1) is 87.0 Å². The van der Waals surface area contributed by atoms with Crippen molar-refractivity contribution in [2.75, 3.05) is 0 Å². The van der Waals surface area contributed by atoms with Crippen LogP contribution in [0.25, 0.3) is 249 Å². The van der Waals surface area contributed by atoms with Gasteiger partial charge in [-0.1, -0.05) is 224 Å². The van der Waals surface area contributed by atoms with Gasteiger partial charge in [0.25, 0.3) is 0 Å². The summed E-state index contributed by atoms with van der Waals surface area (Å²) in [4.78, 5) is 22.8. The van der Waals surface area contributed by atoms with Crippen LogP contribution < -0.4 is 0 Å². The molecule has 0 bridgehead atoms. The van der Waals surface area contributed by atoms with E-state index in [2.05, 4.69) is 333 Å². The smallest absolute Gasteiger partial charge is 0.235 e. The molecule has 0 spiro atoms. The van der Waals surface area contributed by atoms with Crippen LogP contribution in [0.2, 0.25) is 0 Å². The first-order chi connectivity index (χ1) is 53.5. The van der Waals surface area contributed by atoms with E-state index in [1.54, 1.807) is 22.7 Å². The van der Waals surface area contributed by atoms with Crippen LogP contribution in [-0.4, -0.2) is 37.9 Å². The van der Waals surface area contributed by atoms with Crippen molar-refractivity contribution in [3.05, 3.63) is 315 Å². The molecule has 0 aliphatic rings. The first-order valence-corrected chi connectivity index (χ1v) is 38.4. The van der Waals surface area contributed by atoms with Crippen molar-refractivity contribution >= 4 is 215 Å². The van der Waals surface area contributed by atoms with E-state index < -0.39 is 0 Å². The van der Waals surface area contributed by atoms with E-state index >= 15 is 0 Å². The summed E-state index contributed by atoms with van der Waals surface area (Å²) >= 11 is 3.54. The van der Waals surface area contributed by atoms with Crippen molar-refractivity contribution in [3.8, 4) is 56.7 Å². The SMILES string of the molecule is c1cc(-c2ccc(-c3nc(-n4c5ccccc5c5c6c7cc8ccccc8cc7n7c8ccccc8c(cc54)c67)nc4c3sc3ccccc34)cc2)cc(-c2ccc3cc4c(cc3c2)c2c3c5ccccc5n(-c5nc(-c6ccc7ccccc7c6)c6sc7ccccc7c6n5)c3cc3c5ccccc5n4c32)c1. The van der Waals surface area contributed by atoms with E-state index in [0.717, 1.165) is 103 Å². The molecule has 0 aliphatic heterocycles. The summed E-state index contributed by atoms with van der Waals surface area (Å²) in [7, 11) is 0. The Morgan fingerprint density at radius 3 is 1.19 bits per heavy atom. The lowest BCUT2D eigenvalue weighted by Gasteiger charge is -2.11. The molecule has 26 rings (SSSR count). The number of aromatic nitrogens is 8. The fourth-order valence-electron chi connectivity index (χ4n) is 18.8. The van der Waals surface area contributed by atoms with E-state index in [0.29, 0.717) is 11.9 Å². The van der Waals surface area contributed by atoms with E-state index in [1.807, 2.05) is 0 Å². The number of thiophene rings is 2. The number of rotatable bonds is 6. The minimum absolute atomic E-state index is 0.649. The van der Waals surface area contributed by atoms with Crippen LogP contribution in [-0.2, 0) is 0 Å². The molecule has 26 aromatic rings. The standard InChI is InChI=1S/C98H52N8S2/c1-2-19-56-45-63(43-38-53(56)18-1)90-96-92(70-29-10-16-35-84(70)108-96)102-98(100-90)106-78-33-14-8-27-68(78)86-82(106)52-72-66-25-6-12-31-76(66)104-80-50-62-42-41-61(46-64(62)48-74(80)88(86)94(72)104)58-23-17-22-57(44-58)54-36-39-55(40-37-54)89-95-91(69-28-9-15-34-83(69)107-95)101-97(99-89)105-77-32-13-7-26-67(77)85-81(105)51-71-65-24-5-11-30-75(65)103-79-49-60-21-4-3-20-59(60)47-73(79)87(85)93(71)103/h1-52H. The summed E-state index contributed by atoms with van der Waals surface area (Å²) in [6.45, 7) is 0. The number of hydrogen-bond acceptors (Lipinski definition) is 6. The fraction of sp³-hybridized carbons (Fsp3) is 0. The predicted molar refractivity (Wildman–Crippen MR) is 456 cm³/mol. The van der Waals surface area contributed by atoms with Gasteiger partial charge in [-0.15, -0.1) is 22.7 Å². The van der Waals surface area contributed by atoms with Crippen LogP contribution >= 0.6 is 22.7 Å². The predicted octanol–water partition coefficient (Wildman–Crippen LogP) is 26.6. The van der Waals surface area contributed by atoms with Crippen LogP contribution in [0.15, 0.2) is 315 Å². The Labute approximate surface area is 621 Å². The molecule has 108 heavy (non-hydrogen) atoms. The van der Waals surface area contributed by atoms with Gasteiger partial charge in [0.2, 0.25) is 11.9 Å². The average molecular weight is 1410 g/mol. The molecule has 0 saturated heterocycles. The van der Waals surface area contributed by atoms with Crippen molar-refractivity contribution in [3.63, 3.8) is 0 Å². The molecule has 0 aliphatic carbocycles. The van der Waals surface area contributed by atoms with Gasteiger partial charge in [-0.25, -0.2) is 19.9 Å². The van der Waals surface area contributed by atoms with Crippen molar-refractivity contribution < 1.29 is 0 Å². The highest BCUT2D eigenvalue weighted by atomic mass is 32.1. The van der Waals surface area contributed by atoms with E-state index in [9.17, 15) is 0 Å². The van der Waals surface area contributed by atoms with Gasteiger partial charge in [-0.05, 0) is 146 Å². The highest BCUT2D eigenvalue weighted by Gasteiger charge is 2.30. The lowest BCUT2D eigenvalue weighted by Crippen LogP contribution is -2.02. The fourth-order valence-corrected chi connectivity index (χ4v) is 21.2. The third-order valence-corrected chi connectivity index (χ3v) is 25.9. The number of para-hydroxylation sites is 4. The Bertz CT molecular complexity index is 8520. The van der Waals surface area contributed by atoms with Gasteiger partial charge in [-0.3, -0.25) is 9.13 Å². The molecule has 10 heterocycles. The van der Waals surface area contributed by atoms with Crippen molar-refractivity contribution in [1.82, 2.24) is 37.9 Å². The molecule has 0 fully saturated rings. The summed E-state index contributed by atoms with van der Waals surface area (Å²) in [6.07, 6.45) is 0. The highest BCUT2D eigenvalue weighted by molar-refractivity contribution is 7.26. The maximum atomic E-state index is 5.76. The zero-order chi connectivity index (χ0) is 69.9. The third kappa shape index (κ3) is 7.65. The topological polar surface area (TPSA) is 70.2 Å². The second kappa shape index (κ2) is 21.0. The second-order valence-corrected chi connectivity index (χ2v) is 31.3. The lowest BCUT2D eigenvalue weighted by molar-refractivity contribution is 1.02. The molecule has 10 aromatic heterocycles. The van der Waals surface area contributed by atoms with E-state index in [-0.39, 0.29) is 0 Å². The highest BCUT2D eigenvalue weighted by Crippen LogP contribution is 2.52. The van der Waals surface area contributed by atoms with Gasteiger partial charge < -0.3 is 8.80 Å². The maximum absolute atomic E-state index is 5.76. The van der Waals surface area contributed by atoms with Gasteiger partial charge in [0.1, 0.15) is 0 Å². The third-order valence-electron chi connectivity index (χ3n) is 23.6. The average Bonchev–Trinajstić information content (AvgIpc) is 1.52. The molecule has 0 N–H and O–H groups in total. The van der Waals surface area contributed by atoms with Crippen LogP contribution in [0, 0.1) is 0 Å². The van der Waals surface area contributed by atoms with Gasteiger partial charge in [0, 0.05) is 95.9 Å². The largest absolute Gasteiger partial charge is 0.308 e. The molecule has 0 atom stereocenters. The van der Waals surface area contributed by atoms with Crippen LogP contribution in [0.5, 0.6) is 0 Å². The Kier molecular flexibility index (Phi) is 11.2. The minimum Gasteiger partial charge on any atom is -0.308 e. The van der Waals surface area contributed by atoms with Gasteiger partial charge >= 0.3 is 0 Å². The lowest BCUT2D eigenvalue weighted by atomic mass is 9.95. The van der Waals surface area contributed by atoms with Crippen molar-refractivity contribution in [2.45, 2.75) is 0 Å². The zero-order valence-corrected chi connectivity index (χ0v) is 59.0. The molecule has 10 heteroatoms. The van der Waals surface area contributed by atoms with Crippen molar-refractivity contribution in [1.29, 1.82) is 0 Å². The quantitative estimate of drug-likeness (QED) is 0.166. The van der Waals surface area contributed by atoms with Gasteiger partial charge in [-0.2, -0.15) is 0 Å².